The van der Waals surface area contributed by atoms with Crippen LogP contribution in [0.15, 0.2) is 36.4 Å². The lowest BCUT2D eigenvalue weighted by molar-refractivity contribution is -0.131. The van der Waals surface area contributed by atoms with Gasteiger partial charge in [0, 0.05) is 31.3 Å². The van der Waals surface area contributed by atoms with Gasteiger partial charge in [-0.25, -0.2) is 0 Å². The first-order valence-electron chi connectivity index (χ1n) is 13.7. The summed E-state index contributed by atoms with van der Waals surface area (Å²) in [6.07, 6.45) is 3.34. The number of fused-ring (bicyclic) bond motifs is 3. The fourth-order valence-electron chi connectivity index (χ4n) is 6.61. The predicted molar refractivity (Wildman–Crippen MR) is 150 cm³/mol. The Morgan fingerprint density at radius 1 is 1.02 bits per heavy atom. The van der Waals surface area contributed by atoms with Crippen LogP contribution in [0.2, 0.25) is 0 Å². The lowest BCUT2D eigenvalue weighted by Gasteiger charge is -2.36. The first-order chi connectivity index (χ1) is 19.2. The maximum atomic E-state index is 13.0. The number of nitrogens with zero attached hydrogens (tertiary/aromatic N) is 2. The first kappa shape index (κ1) is 27.3. The van der Waals surface area contributed by atoms with E-state index >= 15 is 0 Å². The number of carbonyl (C=O) groups excluding carboxylic acids is 3. The number of hydrogen-bond donors (Lipinski definition) is 5. The van der Waals surface area contributed by atoms with E-state index in [2.05, 4.69) is 22.0 Å². The topological polar surface area (TPSA) is 164 Å². The highest BCUT2D eigenvalue weighted by Crippen LogP contribution is 2.47. The average Bonchev–Trinajstić information content (AvgIpc) is 3.66. The smallest absolute Gasteiger partial charge is 0.251 e. The van der Waals surface area contributed by atoms with E-state index in [1.54, 1.807) is 31.1 Å². The zero-order chi connectivity index (χ0) is 28.6. The van der Waals surface area contributed by atoms with Crippen LogP contribution in [0, 0.1) is 22.7 Å². The summed E-state index contributed by atoms with van der Waals surface area (Å²) in [5.74, 6) is -0.0742. The third-order valence-corrected chi connectivity index (χ3v) is 8.73. The SMILES string of the molecule is CNC(=O)c1ccc2c(c1)CCc1cc(C(=O)NC)ccc1C2(CCNCC(=O)N1[C@H](C#N)C[C@@H]2C[C@@H]21)C(=N)N. The molecule has 6 N–H and O–H groups in total. The van der Waals surface area contributed by atoms with Crippen LogP contribution in [0.4, 0.5) is 0 Å². The third-order valence-electron chi connectivity index (χ3n) is 8.73. The monoisotopic (exact) mass is 541 g/mol. The largest absolute Gasteiger partial charge is 0.387 e. The summed E-state index contributed by atoms with van der Waals surface area (Å²) >= 11 is 0. The summed E-state index contributed by atoms with van der Waals surface area (Å²) in [5.41, 5.74) is 9.98. The molecule has 0 bridgehead atoms. The quantitative estimate of drug-likeness (QED) is 0.192. The lowest BCUT2D eigenvalue weighted by Crippen LogP contribution is -2.46. The molecule has 2 fully saturated rings. The number of carbonyl (C=O) groups is 3. The molecule has 5 rings (SSSR count). The van der Waals surface area contributed by atoms with E-state index in [-0.39, 0.29) is 42.2 Å². The van der Waals surface area contributed by atoms with Crippen LogP contribution in [0.3, 0.4) is 0 Å². The van der Waals surface area contributed by atoms with Gasteiger partial charge in [0.1, 0.15) is 11.9 Å². The molecule has 3 aliphatic rings. The van der Waals surface area contributed by atoms with Crippen molar-refractivity contribution < 1.29 is 14.4 Å². The van der Waals surface area contributed by atoms with E-state index in [9.17, 15) is 19.6 Å². The summed E-state index contributed by atoms with van der Waals surface area (Å²) in [6.45, 7) is 0.484. The van der Waals surface area contributed by atoms with Crippen LogP contribution in [0.25, 0.3) is 0 Å². The van der Waals surface area contributed by atoms with Crippen LogP contribution in [-0.2, 0) is 23.1 Å². The Morgan fingerprint density at radius 2 is 1.60 bits per heavy atom. The van der Waals surface area contributed by atoms with Gasteiger partial charge in [0.05, 0.1) is 18.0 Å². The van der Waals surface area contributed by atoms with Crippen molar-refractivity contribution in [3.63, 3.8) is 0 Å². The number of nitriles is 1. The second-order valence-corrected chi connectivity index (χ2v) is 10.9. The number of hydrogen-bond acceptors (Lipinski definition) is 6. The number of amides is 3. The number of piperidine rings is 1. The van der Waals surface area contributed by atoms with Crippen molar-refractivity contribution in [2.24, 2.45) is 11.7 Å². The number of likely N-dealkylation sites (tertiary alicyclic amines) is 1. The van der Waals surface area contributed by atoms with E-state index < -0.39 is 5.41 Å². The Morgan fingerprint density at radius 3 is 2.10 bits per heavy atom. The molecule has 0 unspecified atom stereocenters. The van der Waals surface area contributed by atoms with E-state index in [0.29, 0.717) is 42.9 Å². The average molecular weight is 542 g/mol. The molecule has 3 atom stereocenters. The number of amidine groups is 1. The molecular weight excluding hydrogens is 506 g/mol. The normalized spacial score (nSPS) is 21.6. The van der Waals surface area contributed by atoms with Gasteiger partial charge in [0.2, 0.25) is 5.91 Å². The molecule has 0 radical (unpaired) electrons. The lowest BCUT2D eigenvalue weighted by atomic mass is 9.69. The minimum atomic E-state index is -1.02. The molecule has 10 heteroatoms. The molecule has 10 nitrogen and oxygen atoms in total. The van der Waals surface area contributed by atoms with Crippen LogP contribution in [0.5, 0.6) is 0 Å². The van der Waals surface area contributed by atoms with Gasteiger partial charge < -0.3 is 26.6 Å². The van der Waals surface area contributed by atoms with Crippen molar-refractivity contribution in [1.29, 1.82) is 10.7 Å². The van der Waals surface area contributed by atoms with Crippen molar-refractivity contribution in [3.8, 4) is 6.07 Å². The minimum absolute atomic E-state index is 0.0460. The Hall–Kier alpha value is -4.23. The van der Waals surface area contributed by atoms with Crippen LogP contribution in [-0.4, -0.2) is 67.7 Å². The molecule has 2 aliphatic carbocycles. The fourth-order valence-corrected chi connectivity index (χ4v) is 6.61. The molecule has 2 aromatic carbocycles. The maximum Gasteiger partial charge on any atom is 0.251 e. The summed E-state index contributed by atoms with van der Waals surface area (Å²) in [5, 5.41) is 26.9. The summed E-state index contributed by atoms with van der Waals surface area (Å²) < 4.78 is 0. The van der Waals surface area contributed by atoms with E-state index in [4.69, 9.17) is 11.1 Å². The van der Waals surface area contributed by atoms with E-state index in [1.807, 2.05) is 24.3 Å². The van der Waals surface area contributed by atoms with Crippen LogP contribution >= 0.6 is 0 Å². The highest BCUT2D eigenvalue weighted by Gasteiger charge is 2.54. The van der Waals surface area contributed by atoms with Crippen LogP contribution in [0.1, 0.15) is 62.2 Å². The molecule has 1 saturated heterocycles. The Labute approximate surface area is 233 Å². The Bertz CT molecular complexity index is 1360. The maximum absolute atomic E-state index is 13.0. The number of benzene rings is 2. The Balaban J connectivity index is 1.47. The number of aryl methyl sites for hydroxylation is 2. The summed E-state index contributed by atoms with van der Waals surface area (Å²) in [6, 6.07) is 13.1. The Kier molecular flexibility index (Phi) is 7.34. The minimum Gasteiger partial charge on any atom is -0.387 e. The summed E-state index contributed by atoms with van der Waals surface area (Å²) in [4.78, 5) is 39.6. The molecule has 40 heavy (non-hydrogen) atoms. The zero-order valence-corrected chi connectivity index (χ0v) is 22.8. The number of rotatable bonds is 8. The number of nitrogens with one attached hydrogen (secondary N) is 4. The zero-order valence-electron chi connectivity index (χ0n) is 22.8. The van der Waals surface area contributed by atoms with Gasteiger partial charge in [-0.1, -0.05) is 12.1 Å². The van der Waals surface area contributed by atoms with Gasteiger partial charge in [0.15, 0.2) is 0 Å². The standard InChI is InChI=1S/C30H35N7O3/c1-34-27(39)19-5-7-23-17(11-19)3-4-18-12-20(28(40)35-2)6-8-24(18)30(23,29(32)33)9-10-36-16-26(38)37-22(15-31)13-21-14-25(21)37/h5-8,11-12,21-22,25,36H,3-4,9-10,13-14,16H2,1-2H3,(H3,32,33)(H,34,39)(H,35,40)/t21-,22+,25+/m1/s1. The van der Waals surface area contributed by atoms with Crippen molar-refractivity contribution in [2.75, 3.05) is 27.2 Å². The molecule has 2 aromatic rings. The van der Waals surface area contributed by atoms with E-state index in [1.165, 1.54) is 0 Å². The van der Waals surface area contributed by atoms with Gasteiger partial charge >= 0.3 is 0 Å². The van der Waals surface area contributed by atoms with Gasteiger partial charge in [-0.05, 0) is 91.1 Å². The molecule has 1 heterocycles. The molecule has 0 aromatic heterocycles. The fraction of sp³-hybridized carbons (Fsp3) is 0.433. The van der Waals surface area contributed by atoms with Gasteiger partial charge in [-0.2, -0.15) is 5.26 Å². The molecular formula is C30H35N7O3. The van der Waals surface area contributed by atoms with Crippen LogP contribution < -0.4 is 21.7 Å². The van der Waals surface area contributed by atoms with Gasteiger partial charge in [0.25, 0.3) is 11.8 Å². The van der Waals surface area contributed by atoms with Crippen molar-refractivity contribution in [1.82, 2.24) is 20.9 Å². The van der Waals surface area contributed by atoms with Gasteiger partial charge in [-0.3, -0.25) is 19.8 Å². The third kappa shape index (κ3) is 4.60. The second kappa shape index (κ2) is 10.7. The highest BCUT2D eigenvalue weighted by atomic mass is 16.2. The molecule has 3 amide bonds. The first-order valence-corrected chi connectivity index (χ1v) is 13.7. The van der Waals surface area contributed by atoms with Crippen molar-refractivity contribution in [3.05, 3.63) is 69.8 Å². The predicted octanol–water partition coefficient (Wildman–Crippen LogP) is 1.22. The number of nitrogens with two attached hydrogens (primary N) is 1. The molecule has 208 valence electrons. The second-order valence-electron chi connectivity index (χ2n) is 10.9. The molecule has 1 aliphatic heterocycles. The highest BCUT2D eigenvalue weighted by molar-refractivity contribution is 5.98. The summed E-state index contributed by atoms with van der Waals surface area (Å²) in [7, 11) is 3.17. The van der Waals surface area contributed by atoms with Crippen molar-refractivity contribution in [2.45, 2.75) is 49.6 Å². The molecule has 1 saturated carbocycles. The van der Waals surface area contributed by atoms with Crippen molar-refractivity contribution >= 4 is 23.6 Å². The van der Waals surface area contributed by atoms with E-state index in [0.717, 1.165) is 35.1 Å². The molecule has 0 spiro atoms. The van der Waals surface area contributed by atoms with Gasteiger partial charge in [-0.15, -0.1) is 0 Å².